The van der Waals surface area contributed by atoms with Gasteiger partial charge in [0.1, 0.15) is 0 Å². The predicted octanol–water partition coefficient (Wildman–Crippen LogP) is 2.29. The van der Waals surface area contributed by atoms with Crippen LogP contribution in [-0.2, 0) is 0 Å². The molecular formula is C5H4BrO2S+. The van der Waals surface area contributed by atoms with E-state index in [9.17, 15) is 4.79 Å². The minimum absolute atomic E-state index is 0.347. The molecule has 1 rings (SSSR count). The lowest BCUT2D eigenvalue weighted by atomic mass is 10.5. The second-order valence-corrected chi connectivity index (χ2v) is 4.82. The highest BCUT2D eigenvalue weighted by Crippen LogP contribution is 2.30. The third-order valence-corrected chi connectivity index (χ3v) is 3.69. The number of thiophene rings is 1. The number of carbonyl (C=O) groups is 1. The minimum atomic E-state index is -0.847. The first-order valence-electron chi connectivity index (χ1n) is 2.23. The van der Waals surface area contributed by atoms with Gasteiger partial charge < -0.3 is 5.11 Å². The summed E-state index contributed by atoms with van der Waals surface area (Å²) in [6.45, 7) is 0. The Kier molecular flexibility index (Phi) is 1.87. The van der Waals surface area contributed by atoms with E-state index in [4.69, 9.17) is 5.11 Å². The highest BCUT2D eigenvalue weighted by atomic mass is 79.9. The van der Waals surface area contributed by atoms with Crippen molar-refractivity contribution in [3.63, 3.8) is 0 Å². The average Bonchev–Trinajstić information content (AvgIpc) is 2.13. The maximum absolute atomic E-state index is 10.3. The zero-order valence-electron chi connectivity index (χ0n) is 4.37. The Labute approximate surface area is 62.3 Å². The number of hydrogen-bond donors (Lipinski definition) is 1. The van der Waals surface area contributed by atoms with Gasteiger partial charge in [-0.3, -0.25) is 0 Å². The Morgan fingerprint density at radius 2 is 2.44 bits per heavy atom. The summed E-state index contributed by atoms with van der Waals surface area (Å²) in [6, 6.07) is 3.33. The monoisotopic (exact) mass is 207 g/mol. The van der Waals surface area contributed by atoms with E-state index in [2.05, 4.69) is 14.8 Å². The van der Waals surface area contributed by atoms with Crippen LogP contribution in [0.15, 0.2) is 17.5 Å². The maximum atomic E-state index is 10.3. The van der Waals surface area contributed by atoms with Crippen LogP contribution < -0.4 is 0 Å². The average molecular weight is 208 g/mol. The van der Waals surface area contributed by atoms with E-state index in [-0.39, 0.29) is 8.90 Å². The molecule has 48 valence electrons. The highest BCUT2D eigenvalue weighted by Gasteiger charge is 2.17. The second kappa shape index (κ2) is 2.49. The van der Waals surface area contributed by atoms with E-state index in [0.717, 1.165) is 0 Å². The smallest absolute Gasteiger partial charge is 0.390 e. The largest absolute Gasteiger partial charge is 0.474 e. The van der Waals surface area contributed by atoms with Gasteiger partial charge in [0.25, 0.3) is 19.7 Å². The molecule has 0 radical (unpaired) electrons. The molecule has 1 aromatic heterocycles. The molecule has 0 fully saturated rings. The van der Waals surface area contributed by atoms with Crippen LogP contribution in [0.2, 0.25) is 0 Å². The molecule has 0 saturated carbocycles. The Morgan fingerprint density at radius 3 is 2.67 bits per heavy atom. The van der Waals surface area contributed by atoms with Gasteiger partial charge in [0.05, 0.1) is 8.90 Å². The molecule has 0 aliphatic rings. The maximum Gasteiger partial charge on any atom is 0.390 e. The highest BCUT2D eigenvalue weighted by molar-refractivity contribution is 9.34. The fourth-order valence-corrected chi connectivity index (χ4v) is 2.34. The fraction of sp³-hybridized carbons (Fsp3) is 0. The quantitative estimate of drug-likeness (QED) is 0.719. The summed E-state index contributed by atoms with van der Waals surface area (Å²) >= 11 is 3.20. The lowest BCUT2D eigenvalue weighted by molar-refractivity contribution is 0.0702. The first kappa shape index (κ1) is 6.77. The normalized spacial score (nSPS) is 11.4. The lowest BCUT2D eigenvalue weighted by Gasteiger charge is -1.76. The van der Waals surface area contributed by atoms with Gasteiger partial charge in [-0.2, -0.15) is 0 Å². The number of hydrogen-bond acceptors (Lipinski definition) is 1. The van der Waals surface area contributed by atoms with Crippen molar-refractivity contribution in [2.24, 2.45) is 0 Å². The molecule has 0 bridgehead atoms. The summed E-state index contributed by atoms with van der Waals surface area (Å²) in [5, 5.41) is 10.3. The van der Waals surface area contributed by atoms with Crippen molar-refractivity contribution in [1.82, 2.24) is 0 Å². The number of carboxylic acid groups (broad SMARTS) is 1. The van der Waals surface area contributed by atoms with Gasteiger partial charge in [-0.05, 0) is 6.07 Å². The van der Waals surface area contributed by atoms with Crippen molar-refractivity contribution in [2.45, 2.75) is 0 Å². The minimum Gasteiger partial charge on any atom is -0.474 e. The van der Waals surface area contributed by atoms with Gasteiger partial charge in [-0.1, -0.05) is 0 Å². The zero-order chi connectivity index (χ0) is 6.85. The molecule has 4 heteroatoms. The summed E-state index contributed by atoms with van der Waals surface area (Å²) in [7, 11) is -0.347. The number of rotatable bonds is 1. The third kappa shape index (κ3) is 1.31. The van der Waals surface area contributed by atoms with Crippen molar-refractivity contribution in [1.29, 1.82) is 0 Å². The van der Waals surface area contributed by atoms with Crippen LogP contribution in [0.3, 0.4) is 0 Å². The van der Waals surface area contributed by atoms with E-state index in [0.29, 0.717) is 4.88 Å². The molecule has 0 aliphatic carbocycles. The van der Waals surface area contributed by atoms with E-state index < -0.39 is 5.97 Å². The molecule has 2 nitrogen and oxygen atoms in total. The summed E-state index contributed by atoms with van der Waals surface area (Å²) < 4.78 is 0. The molecule has 1 aromatic rings. The number of carboxylic acids is 1. The first-order chi connectivity index (χ1) is 4.22. The van der Waals surface area contributed by atoms with E-state index >= 15 is 0 Å². The van der Waals surface area contributed by atoms with Crippen molar-refractivity contribution in [2.75, 3.05) is 0 Å². The first-order valence-corrected chi connectivity index (χ1v) is 5.36. The number of aromatic carboxylic acids is 1. The zero-order valence-corrected chi connectivity index (χ0v) is 6.78. The fourth-order valence-electron chi connectivity index (χ4n) is 0.489. The second-order valence-electron chi connectivity index (χ2n) is 1.45. The van der Waals surface area contributed by atoms with Crippen molar-refractivity contribution in [3.8, 4) is 0 Å². The molecule has 9 heavy (non-hydrogen) atoms. The van der Waals surface area contributed by atoms with Gasteiger partial charge >= 0.3 is 5.97 Å². The van der Waals surface area contributed by atoms with Gasteiger partial charge in [0.2, 0.25) is 0 Å². The summed E-state index contributed by atoms with van der Waals surface area (Å²) in [4.78, 5) is 10.7. The van der Waals surface area contributed by atoms with Crippen LogP contribution in [0.4, 0.5) is 0 Å². The van der Waals surface area contributed by atoms with E-state index in [1.165, 1.54) is 0 Å². The molecule has 1 atom stereocenters. The standard InChI is InChI=1S/C5H3BrO2S/c6-9-3-1-2-4(9)5(7)8/h1-3H/p+1. The van der Waals surface area contributed by atoms with Gasteiger partial charge in [0, 0.05) is 6.07 Å². The molecule has 1 heterocycles. The summed E-state index contributed by atoms with van der Waals surface area (Å²) in [6.07, 6.45) is 0. The van der Waals surface area contributed by atoms with Crippen LogP contribution in [0.5, 0.6) is 0 Å². The Morgan fingerprint density at radius 1 is 1.78 bits per heavy atom. The summed E-state index contributed by atoms with van der Waals surface area (Å²) in [5.74, 6) is -0.847. The predicted molar refractivity (Wildman–Crippen MR) is 40.2 cm³/mol. The molecule has 0 aliphatic heterocycles. The Hall–Kier alpha value is -0.350. The van der Waals surface area contributed by atoms with Crippen molar-refractivity contribution < 1.29 is 9.90 Å². The van der Waals surface area contributed by atoms with Crippen LogP contribution in [0, 0.1) is 0 Å². The summed E-state index contributed by atoms with van der Waals surface area (Å²) in [5.41, 5.74) is 0. The van der Waals surface area contributed by atoms with E-state index in [1.807, 2.05) is 5.38 Å². The molecular weight excluding hydrogens is 204 g/mol. The molecule has 1 unspecified atom stereocenters. The molecule has 0 spiro atoms. The van der Waals surface area contributed by atoms with Gasteiger partial charge in [-0.25, -0.2) is 4.79 Å². The molecule has 1 N–H and O–H groups in total. The Bertz CT molecular complexity index is 231. The van der Waals surface area contributed by atoms with Crippen LogP contribution in [0.1, 0.15) is 9.67 Å². The van der Waals surface area contributed by atoms with Crippen LogP contribution in [0.25, 0.3) is 0 Å². The topological polar surface area (TPSA) is 37.3 Å². The van der Waals surface area contributed by atoms with E-state index in [1.54, 1.807) is 12.1 Å². The van der Waals surface area contributed by atoms with Gasteiger partial charge in [-0.15, -0.1) is 0 Å². The molecule has 0 saturated heterocycles. The Balaban J connectivity index is 3.08. The van der Waals surface area contributed by atoms with Crippen LogP contribution >= 0.6 is 23.7 Å². The SMILES string of the molecule is O=C(O)c1ccc[s+]1Br. The third-order valence-electron chi connectivity index (χ3n) is 0.867. The molecule has 0 amide bonds. The number of halogens is 1. The van der Waals surface area contributed by atoms with Gasteiger partial charge in [0.15, 0.2) is 5.38 Å². The van der Waals surface area contributed by atoms with Crippen LogP contribution in [-0.4, -0.2) is 11.1 Å². The molecule has 0 aromatic carbocycles. The lowest BCUT2D eigenvalue weighted by Crippen LogP contribution is -1.90. The van der Waals surface area contributed by atoms with Crippen molar-refractivity contribution >= 4 is 29.7 Å². The van der Waals surface area contributed by atoms with Crippen molar-refractivity contribution in [3.05, 3.63) is 22.4 Å².